The maximum absolute atomic E-state index is 11.7. The molecule has 0 saturated carbocycles. The van der Waals surface area contributed by atoms with E-state index >= 15 is 0 Å². The summed E-state index contributed by atoms with van der Waals surface area (Å²) in [6.07, 6.45) is 8.01. The summed E-state index contributed by atoms with van der Waals surface area (Å²) >= 11 is 3.63. The zero-order valence-electron chi connectivity index (χ0n) is 7.99. The lowest BCUT2D eigenvalue weighted by Crippen LogP contribution is -1.96. The van der Waals surface area contributed by atoms with Gasteiger partial charge in [0, 0.05) is 4.83 Å². The van der Waals surface area contributed by atoms with Gasteiger partial charge in [0.15, 0.2) is 0 Å². The van der Waals surface area contributed by atoms with Crippen molar-refractivity contribution in [2.45, 2.75) is 56.7 Å². The zero-order valence-corrected chi connectivity index (χ0v) is 9.58. The molecule has 0 rings (SSSR count). The van der Waals surface area contributed by atoms with Crippen molar-refractivity contribution in [3.8, 4) is 0 Å². The zero-order chi connectivity index (χ0) is 9.23. The van der Waals surface area contributed by atoms with Crippen LogP contribution >= 0.6 is 15.9 Å². The van der Waals surface area contributed by atoms with Crippen molar-refractivity contribution >= 4 is 15.9 Å². The van der Waals surface area contributed by atoms with E-state index in [0.717, 1.165) is 12.8 Å². The monoisotopic (exact) mass is 238 g/mol. The van der Waals surface area contributed by atoms with Crippen LogP contribution in [0.25, 0.3) is 0 Å². The summed E-state index contributed by atoms with van der Waals surface area (Å²) in [6, 6.07) is 0. The van der Waals surface area contributed by atoms with Gasteiger partial charge in [0.25, 0.3) is 0 Å². The molecule has 0 aromatic carbocycles. The Morgan fingerprint density at radius 1 is 1.08 bits per heavy atom. The van der Waals surface area contributed by atoms with E-state index in [1.54, 1.807) is 0 Å². The van der Waals surface area contributed by atoms with Gasteiger partial charge in [-0.2, -0.15) is 0 Å². The number of hydrogen-bond donors (Lipinski definition) is 0. The molecule has 0 aromatic rings. The fourth-order valence-electron chi connectivity index (χ4n) is 1.27. The number of rotatable bonds is 8. The van der Waals surface area contributed by atoms with E-state index in [2.05, 4.69) is 22.9 Å². The van der Waals surface area contributed by atoms with Crippen LogP contribution in [-0.2, 0) is 0 Å². The molecule has 0 radical (unpaired) electrons. The number of unbranched alkanes of at least 4 members (excludes halogenated alkanes) is 3. The highest BCUT2D eigenvalue weighted by Crippen LogP contribution is 2.16. The first-order valence-corrected chi connectivity index (χ1v) is 5.92. The molecule has 1 atom stereocenters. The molecule has 2 heteroatoms. The van der Waals surface area contributed by atoms with Gasteiger partial charge in [-0.1, -0.05) is 48.5 Å². The van der Waals surface area contributed by atoms with Crippen molar-refractivity contribution < 1.29 is 4.39 Å². The highest BCUT2D eigenvalue weighted by atomic mass is 79.9. The highest BCUT2D eigenvalue weighted by Gasteiger charge is 2.01. The topological polar surface area (TPSA) is 0 Å². The van der Waals surface area contributed by atoms with Gasteiger partial charge in [-0.15, -0.1) is 0 Å². The summed E-state index contributed by atoms with van der Waals surface area (Å²) in [4.78, 5) is 0.688. The Morgan fingerprint density at radius 2 is 1.75 bits per heavy atom. The molecule has 1 unspecified atom stereocenters. The smallest absolute Gasteiger partial charge is 0.0894 e. The molecule has 0 nitrogen and oxygen atoms in total. The van der Waals surface area contributed by atoms with Crippen molar-refractivity contribution in [2.75, 3.05) is 6.67 Å². The molecule has 0 spiro atoms. The van der Waals surface area contributed by atoms with E-state index in [9.17, 15) is 4.39 Å². The minimum absolute atomic E-state index is 0.146. The van der Waals surface area contributed by atoms with Crippen molar-refractivity contribution in [1.82, 2.24) is 0 Å². The summed E-state index contributed by atoms with van der Waals surface area (Å²) in [7, 11) is 0. The molecule has 0 amide bonds. The largest absolute Gasteiger partial charge is 0.251 e. The van der Waals surface area contributed by atoms with E-state index in [0.29, 0.717) is 4.83 Å². The molecule has 0 saturated heterocycles. The summed E-state index contributed by atoms with van der Waals surface area (Å²) in [5.41, 5.74) is 0. The quantitative estimate of drug-likeness (QED) is 0.433. The van der Waals surface area contributed by atoms with Crippen molar-refractivity contribution in [1.29, 1.82) is 0 Å². The second kappa shape index (κ2) is 9.50. The lowest BCUT2D eigenvalue weighted by atomic mass is 10.1. The molecule has 0 heterocycles. The van der Waals surface area contributed by atoms with Gasteiger partial charge in [-0.05, 0) is 19.3 Å². The fourth-order valence-corrected chi connectivity index (χ4v) is 2.05. The average Bonchev–Trinajstić information content (AvgIpc) is 2.05. The lowest BCUT2D eigenvalue weighted by Gasteiger charge is -2.06. The maximum Gasteiger partial charge on any atom is 0.0894 e. The van der Waals surface area contributed by atoms with E-state index < -0.39 is 0 Å². The van der Waals surface area contributed by atoms with Crippen LogP contribution in [0.4, 0.5) is 4.39 Å². The first kappa shape index (κ1) is 12.4. The minimum Gasteiger partial charge on any atom is -0.251 e. The van der Waals surface area contributed by atoms with Crippen LogP contribution in [-0.4, -0.2) is 11.5 Å². The first-order valence-electron chi connectivity index (χ1n) is 5.01. The lowest BCUT2D eigenvalue weighted by molar-refractivity contribution is 0.450. The number of halogens is 2. The number of alkyl halides is 2. The molecule has 12 heavy (non-hydrogen) atoms. The molecule has 0 aliphatic heterocycles. The van der Waals surface area contributed by atoms with E-state index in [4.69, 9.17) is 0 Å². The third-order valence-corrected chi connectivity index (χ3v) is 2.92. The Balaban J connectivity index is 2.97. The molecule has 0 aliphatic rings. The Morgan fingerprint density at radius 3 is 2.33 bits per heavy atom. The van der Waals surface area contributed by atoms with Gasteiger partial charge in [0.1, 0.15) is 0 Å². The average molecular weight is 239 g/mol. The standard InChI is InChI=1S/C10H20BrF/c1-2-7-10(11)8-5-3-4-6-9-12/h10H,2-9H2,1H3. The second-order valence-corrected chi connectivity index (χ2v) is 4.57. The summed E-state index contributed by atoms with van der Waals surface area (Å²) in [5.74, 6) is 0. The predicted octanol–water partition coefficient (Wildman–Crippen LogP) is 4.47. The summed E-state index contributed by atoms with van der Waals surface area (Å²) in [6.45, 7) is 2.06. The van der Waals surface area contributed by atoms with Gasteiger partial charge in [-0.3, -0.25) is 4.39 Å². The predicted molar refractivity (Wildman–Crippen MR) is 56.7 cm³/mol. The van der Waals surface area contributed by atoms with Crippen LogP contribution in [0.5, 0.6) is 0 Å². The maximum atomic E-state index is 11.7. The van der Waals surface area contributed by atoms with Gasteiger partial charge >= 0.3 is 0 Å². The third kappa shape index (κ3) is 8.51. The first-order chi connectivity index (χ1) is 5.81. The summed E-state index contributed by atoms with van der Waals surface area (Å²) < 4.78 is 11.7. The second-order valence-electron chi connectivity index (χ2n) is 3.28. The normalized spacial score (nSPS) is 13.2. The molecule has 0 bridgehead atoms. The molecule has 0 aliphatic carbocycles. The molecule has 0 fully saturated rings. The van der Waals surface area contributed by atoms with Gasteiger partial charge in [-0.25, -0.2) is 0 Å². The van der Waals surface area contributed by atoms with Crippen LogP contribution in [0.3, 0.4) is 0 Å². The van der Waals surface area contributed by atoms with Gasteiger partial charge in [0.05, 0.1) is 6.67 Å². The highest BCUT2D eigenvalue weighted by molar-refractivity contribution is 9.09. The van der Waals surface area contributed by atoms with E-state index in [1.165, 1.54) is 32.1 Å². The van der Waals surface area contributed by atoms with E-state index in [1.807, 2.05) is 0 Å². The molecule has 0 N–H and O–H groups in total. The molecular formula is C10H20BrF. The molecule has 0 aromatic heterocycles. The van der Waals surface area contributed by atoms with Gasteiger partial charge < -0.3 is 0 Å². The van der Waals surface area contributed by atoms with Crippen LogP contribution in [0.15, 0.2) is 0 Å². The van der Waals surface area contributed by atoms with Crippen molar-refractivity contribution in [2.24, 2.45) is 0 Å². The van der Waals surface area contributed by atoms with Crippen molar-refractivity contribution in [3.05, 3.63) is 0 Å². The Labute approximate surface area is 84.1 Å². The Hall–Kier alpha value is 0.410. The third-order valence-electron chi connectivity index (χ3n) is 2.00. The molecular weight excluding hydrogens is 219 g/mol. The van der Waals surface area contributed by atoms with Crippen LogP contribution in [0.1, 0.15) is 51.9 Å². The Kier molecular flexibility index (Phi) is 9.82. The molecule has 74 valence electrons. The van der Waals surface area contributed by atoms with Crippen LogP contribution < -0.4 is 0 Å². The van der Waals surface area contributed by atoms with Gasteiger partial charge in [0.2, 0.25) is 0 Å². The number of hydrogen-bond acceptors (Lipinski definition) is 0. The summed E-state index contributed by atoms with van der Waals surface area (Å²) in [5, 5.41) is 0. The fraction of sp³-hybridized carbons (Fsp3) is 1.00. The van der Waals surface area contributed by atoms with Crippen LogP contribution in [0.2, 0.25) is 0 Å². The van der Waals surface area contributed by atoms with E-state index in [-0.39, 0.29) is 6.67 Å². The minimum atomic E-state index is -0.146. The van der Waals surface area contributed by atoms with Crippen LogP contribution in [0, 0.1) is 0 Å². The SMILES string of the molecule is CCCC(Br)CCCCCCF. The van der Waals surface area contributed by atoms with Crippen molar-refractivity contribution in [3.63, 3.8) is 0 Å². The Bertz CT molecular complexity index is 85.9.